The molecule has 5 rings (SSSR count). The summed E-state index contributed by atoms with van der Waals surface area (Å²) in [5.74, 6) is 1.32. The van der Waals surface area contributed by atoms with E-state index in [9.17, 15) is 8.42 Å². The zero-order valence-electron chi connectivity index (χ0n) is 19.1. The smallest absolute Gasteiger partial charge is 0.243 e. The monoisotopic (exact) mass is 509 g/mol. The SMILES string of the molecule is CCc1ncnc(N2CCN(S(=O)(=O)c3ccc(Nc4ccnc5cc(Cl)ccc45)cc3)CC2)n1. The number of aromatic nitrogens is 4. The van der Waals surface area contributed by atoms with Gasteiger partial charge in [-0.15, -0.1) is 0 Å². The Morgan fingerprint density at radius 1 is 0.971 bits per heavy atom. The molecule has 180 valence electrons. The van der Waals surface area contributed by atoms with E-state index >= 15 is 0 Å². The highest BCUT2D eigenvalue weighted by Gasteiger charge is 2.29. The van der Waals surface area contributed by atoms with Gasteiger partial charge in [0, 0.05) is 60.6 Å². The molecule has 1 aliphatic rings. The molecule has 0 radical (unpaired) electrons. The largest absolute Gasteiger partial charge is 0.355 e. The first kappa shape index (κ1) is 23.4. The number of nitrogens with one attached hydrogen (secondary N) is 1. The van der Waals surface area contributed by atoms with Gasteiger partial charge in [-0.25, -0.2) is 18.4 Å². The molecule has 0 amide bonds. The number of hydrogen-bond donors (Lipinski definition) is 1. The molecule has 35 heavy (non-hydrogen) atoms. The Morgan fingerprint density at radius 3 is 2.49 bits per heavy atom. The minimum atomic E-state index is -3.61. The number of anilines is 3. The molecule has 11 heteroatoms. The minimum Gasteiger partial charge on any atom is -0.355 e. The highest BCUT2D eigenvalue weighted by atomic mass is 35.5. The van der Waals surface area contributed by atoms with Gasteiger partial charge in [0.05, 0.1) is 10.4 Å². The van der Waals surface area contributed by atoms with Crippen LogP contribution in [0.25, 0.3) is 10.9 Å². The molecule has 2 aromatic heterocycles. The van der Waals surface area contributed by atoms with Crippen LogP contribution in [0.1, 0.15) is 12.7 Å². The number of aryl methyl sites for hydroxylation is 1. The van der Waals surface area contributed by atoms with Crippen LogP contribution in [-0.4, -0.2) is 58.8 Å². The molecule has 1 N–H and O–H groups in total. The summed E-state index contributed by atoms with van der Waals surface area (Å²) < 4.78 is 28.0. The van der Waals surface area contributed by atoms with Gasteiger partial charge >= 0.3 is 0 Å². The van der Waals surface area contributed by atoms with Crippen LogP contribution in [0.5, 0.6) is 0 Å². The van der Waals surface area contributed by atoms with E-state index in [4.69, 9.17) is 11.6 Å². The van der Waals surface area contributed by atoms with E-state index in [2.05, 4.69) is 25.3 Å². The highest BCUT2D eigenvalue weighted by Crippen LogP contribution is 2.28. The molecule has 1 saturated heterocycles. The second-order valence-corrected chi connectivity index (χ2v) is 10.5. The van der Waals surface area contributed by atoms with Gasteiger partial charge in [-0.2, -0.15) is 9.29 Å². The van der Waals surface area contributed by atoms with E-state index in [1.165, 1.54) is 10.6 Å². The molecule has 1 aliphatic heterocycles. The van der Waals surface area contributed by atoms with Crippen molar-refractivity contribution in [2.75, 3.05) is 36.4 Å². The van der Waals surface area contributed by atoms with Crippen molar-refractivity contribution in [2.24, 2.45) is 0 Å². The maximum atomic E-state index is 13.2. The molecule has 4 aromatic rings. The zero-order chi connectivity index (χ0) is 24.4. The van der Waals surface area contributed by atoms with Gasteiger partial charge in [-0.3, -0.25) is 4.98 Å². The maximum absolute atomic E-state index is 13.2. The maximum Gasteiger partial charge on any atom is 0.243 e. The number of rotatable bonds is 6. The van der Waals surface area contributed by atoms with Crippen molar-refractivity contribution in [2.45, 2.75) is 18.2 Å². The van der Waals surface area contributed by atoms with Gasteiger partial charge < -0.3 is 10.2 Å². The molecule has 3 heterocycles. The first-order valence-electron chi connectivity index (χ1n) is 11.3. The molecule has 9 nitrogen and oxygen atoms in total. The summed E-state index contributed by atoms with van der Waals surface area (Å²) in [6.07, 6.45) is 3.93. The van der Waals surface area contributed by atoms with Crippen LogP contribution >= 0.6 is 11.6 Å². The number of fused-ring (bicyclic) bond motifs is 1. The van der Waals surface area contributed by atoms with Crippen LogP contribution in [0, 0.1) is 0 Å². The number of piperazine rings is 1. The van der Waals surface area contributed by atoms with E-state index in [1.54, 1.807) is 36.5 Å². The van der Waals surface area contributed by atoms with E-state index in [0.717, 1.165) is 34.5 Å². The Balaban J connectivity index is 1.28. The number of nitrogens with zero attached hydrogens (tertiary/aromatic N) is 6. The molecule has 1 fully saturated rings. The molecule has 0 aliphatic carbocycles. The fourth-order valence-electron chi connectivity index (χ4n) is 4.02. The predicted molar refractivity (Wildman–Crippen MR) is 137 cm³/mol. The molecule has 2 aromatic carbocycles. The molecular formula is C24H24ClN7O2S. The van der Waals surface area contributed by atoms with Crippen LogP contribution in [0.15, 0.2) is 66.0 Å². The summed E-state index contributed by atoms with van der Waals surface area (Å²) >= 11 is 6.07. The van der Waals surface area contributed by atoms with E-state index in [-0.39, 0.29) is 4.90 Å². The Kier molecular flexibility index (Phi) is 6.50. The minimum absolute atomic E-state index is 0.260. The van der Waals surface area contributed by atoms with Gasteiger partial charge in [0.2, 0.25) is 16.0 Å². The lowest BCUT2D eigenvalue weighted by Gasteiger charge is -2.34. The van der Waals surface area contributed by atoms with Gasteiger partial charge in [-0.1, -0.05) is 18.5 Å². The van der Waals surface area contributed by atoms with Crippen LogP contribution in [-0.2, 0) is 16.4 Å². The summed E-state index contributed by atoms with van der Waals surface area (Å²) in [6.45, 7) is 3.75. The summed E-state index contributed by atoms with van der Waals surface area (Å²) in [6, 6.07) is 14.2. The van der Waals surface area contributed by atoms with Crippen LogP contribution in [0.3, 0.4) is 0 Å². The topological polar surface area (TPSA) is 104 Å². The number of halogens is 1. The third-order valence-electron chi connectivity index (χ3n) is 5.92. The quantitative estimate of drug-likeness (QED) is 0.417. The normalized spacial score (nSPS) is 14.9. The molecule has 0 spiro atoms. The van der Waals surface area contributed by atoms with Gasteiger partial charge in [0.15, 0.2) is 0 Å². The van der Waals surface area contributed by atoms with Gasteiger partial charge in [0.1, 0.15) is 12.2 Å². The Bertz CT molecular complexity index is 1460. The van der Waals surface area contributed by atoms with Crippen molar-refractivity contribution in [3.8, 4) is 0 Å². The highest BCUT2D eigenvalue weighted by molar-refractivity contribution is 7.89. The van der Waals surface area contributed by atoms with Crippen LogP contribution in [0.2, 0.25) is 5.02 Å². The lowest BCUT2D eigenvalue weighted by molar-refractivity contribution is 0.382. The summed E-state index contributed by atoms with van der Waals surface area (Å²) in [5.41, 5.74) is 2.42. The summed E-state index contributed by atoms with van der Waals surface area (Å²) in [7, 11) is -3.61. The summed E-state index contributed by atoms with van der Waals surface area (Å²) in [5, 5.41) is 4.89. The van der Waals surface area contributed by atoms with Crippen molar-refractivity contribution < 1.29 is 8.42 Å². The third kappa shape index (κ3) is 4.90. The number of benzene rings is 2. The van der Waals surface area contributed by atoms with Crippen LogP contribution in [0.4, 0.5) is 17.3 Å². The Hall–Kier alpha value is -3.34. The van der Waals surface area contributed by atoms with E-state index in [0.29, 0.717) is 37.1 Å². The molecular weight excluding hydrogens is 486 g/mol. The third-order valence-corrected chi connectivity index (χ3v) is 8.07. The molecule has 0 bridgehead atoms. The zero-order valence-corrected chi connectivity index (χ0v) is 20.7. The molecule has 0 saturated carbocycles. The number of sulfonamides is 1. The van der Waals surface area contributed by atoms with E-state index in [1.807, 2.05) is 30.0 Å². The average molecular weight is 510 g/mol. The first-order valence-corrected chi connectivity index (χ1v) is 13.1. The number of hydrogen-bond acceptors (Lipinski definition) is 8. The Morgan fingerprint density at radius 2 is 1.74 bits per heavy atom. The lowest BCUT2D eigenvalue weighted by Crippen LogP contribution is -2.49. The molecule has 0 atom stereocenters. The Labute approximate surface area is 208 Å². The van der Waals surface area contributed by atoms with Gasteiger partial charge in [0.25, 0.3) is 0 Å². The molecule has 0 unspecified atom stereocenters. The van der Waals surface area contributed by atoms with E-state index < -0.39 is 10.0 Å². The lowest BCUT2D eigenvalue weighted by atomic mass is 10.2. The van der Waals surface area contributed by atoms with Crippen molar-refractivity contribution in [1.29, 1.82) is 0 Å². The first-order chi connectivity index (χ1) is 16.9. The van der Waals surface area contributed by atoms with Crippen LogP contribution < -0.4 is 10.2 Å². The number of pyridine rings is 1. The second-order valence-electron chi connectivity index (χ2n) is 8.12. The van der Waals surface area contributed by atoms with Crippen molar-refractivity contribution in [3.63, 3.8) is 0 Å². The second kappa shape index (κ2) is 9.73. The predicted octanol–water partition coefficient (Wildman–Crippen LogP) is 3.89. The van der Waals surface area contributed by atoms with Crippen molar-refractivity contribution >= 4 is 49.9 Å². The van der Waals surface area contributed by atoms with Crippen molar-refractivity contribution in [1.82, 2.24) is 24.2 Å². The average Bonchev–Trinajstić information content (AvgIpc) is 2.89. The fourth-order valence-corrected chi connectivity index (χ4v) is 5.61. The van der Waals surface area contributed by atoms with Crippen molar-refractivity contribution in [3.05, 3.63) is 71.9 Å². The van der Waals surface area contributed by atoms with Gasteiger partial charge in [-0.05, 0) is 48.5 Å². The fraction of sp³-hybridized carbons (Fsp3) is 0.250. The standard InChI is InChI=1S/C24H24ClN7O2S/c1-2-23-27-16-28-24(30-23)31-11-13-32(14-12-31)35(33,34)19-6-4-18(5-7-19)29-21-9-10-26-22-15-17(25)3-8-20(21)22/h3-10,15-16H,2,11-14H2,1H3,(H,26,29). The summed E-state index contributed by atoms with van der Waals surface area (Å²) in [4.78, 5) is 19.4.